The van der Waals surface area contributed by atoms with Crippen molar-refractivity contribution in [2.24, 2.45) is 5.92 Å². The number of rotatable bonds is 1. The second-order valence-electron chi connectivity index (χ2n) is 3.67. The number of hydrogen-bond donors (Lipinski definition) is 3. The first-order valence-corrected chi connectivity index (χ1v) is 4.69. The van der Waals surface area contributed by atoms with Gasteiger partial charge in [-0.15, -0.1) is 0 Å². The summed E-state index contributed by atoms with van der Waals surface area (Å²) in [5.41, 5.74) is 6.74. The van der Waals surface area contributed by atoms with Crippen LogP contribution in [0.4, 0.5) is 5.95 Å². The molecular weight excluding hydrogens is 182 g/mol. The monoisotopic (exact) mass is 195 g/mol. The summed E-state index contributed by atoms with van der Waals surface area (Å²) in [6, 6.07) is 0. The molecule has 1 aliphatic carbocycles. The Hall–Kier alpha value is -1.36. The first-order valence-electron chi connectivity index (χ1n) is 4.69. The van der Waals surface area contributed by atoms with Gasteiger partial charge >= 0.3 is 0 Å². The summed E-state index contributed by atoms with van der Waals surface area (Å²) in [5.74, 6) is 0.366. The lowest BCUT2D eigenvalue weighted by molar-refractivity contribution is 0.212. The van der Waals surface area contributed by atoms with Crippen LogP contribution in [0.5, 0.6) is 0 Å². The molecule has 0 spiro atoms. The molecule has 5 nitrogen and oxygen atoms in total. The molecule has 5 heteroatoms. The Morgan fingerprint density at radius 3 is 3.14 bits per heavy atom. The number of nitrogen functional groups attached to an aromatic ring is 1. The molecule has 4 N–H and O–H groups in total. The summed E-state index contributed by atoms with van der Waals surface area (Å²) < 4.78 is 0. The van der Waals surface area contributed by atoms with E-state index < -0.39 is 0 Å². The van der Waals surface area contributed by atoms with Crippen LogP contribution in [-0.4, -0.2) is 21.7 Å². The van der Waals surface area contributed by atoms with E-state index in [4.69, 9.17) is 10.8 Å². The highest BCUT2D eigenvalue weighted by Crippen LogP contribution is 2.21. The number of fused-ring (bicyclic) bond motifs is 1. The average molecular weight is 195 g/mol. The molecule has 1 aromatic heterocycles. The number of aliphatic hydroxyl groups is 1. The van der Waals surface area contributed by atoms with E-state index >= 15 is 0 Å². The number of aryl methyl sites for hydroxylation is 1. The lowest BCUT2D eigenvalue weighted by Crippen LogP contribution is -2.27. The lowest BCUT2D eigenvalue weighted by Gasteiger charge is -2.21. The Morgan fingerprint density at radius 2 is 2.43 bits per heavy atom. The maximum Gasteiger partial charge on any atom is 0.255 e. The topological polar surface area (TPSA) is 92.0 Å². The fourth-order valence-electron chi connectivity index (χ4n) is 1.87. The highest BCUT2D eigenvalue weighted by atomic mass is 16.3. The predicted octanol–water partition coefficient (Wildman–Crippen LogP) is -0.551. The molecule has 0 fully saturated rings. The molecule has 14 heavy (non-hydrogen) atoms. The fourth-order valence-corrected chi connectivity index (χ4v) is 1.87. The van der Waals surface area contributed by atoms with Crippen molar-refractivity contribution in [3.8, 4) is 0 Å². The molecule has 0 radical (unpaired) electrons. The normalized spacial score (nSPS) is 20.5. The molecule has 1 atom stereocenters. The summed E-state index contributed by atoms with van der Waals surface area (Å²) in [6.07, 6.45) is 2.21. The highest BCUT2D eigenvalue weighted by molar-refractivity contribution is 5.27. The molecule has 76 valence electrons. The van der Waals surface area contributed by atoms with Gasteiger partial charge in [0.05, 0.1) is 5.69 Å². The predicted molar refractivity (Wildman–Crippen MR) is 51.9 cm³/mol. The van der Waals surface area contributed by atoms with E-state index in [0.29, 0.717) is 12.0 Å². The molecule has 0 aliphatic heterocycles. The Morgan fingerprint density at radius 1 is 1.64 bits per heavy atom. The first-order chi connectivity index (χ1) is 6.70. The quantitative estimate of drug-likeness (QED) is 0.560. The number of nitrogens with one attached hydrogen (secondary N) is 1. The molecule has 0 bridgehead atoms. The van der Waals surface area contributed by atoms with Gasteiger partial charge in [0.1, 0.15) is 0 Å². The number of aliphatic hydroxyl groups excluding tert-OH is 1. The third-order valence-corrected chi connectivity index (χ3v) is 2.66. The number of anilines is 1. The van der Waals surface area contributed by atoms with Crippen molar-refractivity contribution in [2.45, 2.75) is 19.3 Å². The molecule has 2 rings (SSSR count). The summed E-state index contributed by atoms with van der Waals surface area (Å²) in [6.45, 7) is 0.128. The average Bonchev–Trinajstić information content (AvgIpc) is 2.17. The number of H-pyrrole nitrogens is 1. The van der Waals surface area contributed by atoms with Crippen LogP contribution in [0, 0.1) is 5.92 Å². The van der Waals surface area contributed by atoms with Gasteiger partial charge in [-0.2, -0.15) is 0 Å². The molecule has 1 aliphatic rings. The second kappa shape index (κ2) is 3.42. The number of aromatic amines is 1. The molecule has 0 amide bonds. The smallest absolute Gasteiger partial charge is 0.255 e. The summed E-state index contributed by atoms with van der Waals surface area (Å²) in [7, 11) is 0. The van der Waals surface area contributed by atoms with Gasteiger partial charge in [0.2, 0.25) is 5.95 Å². The summed E-state index contributed by atoms with van der Waals surface area (Å²) >= 11 is 0. The fraction of sp³-hybridized carbons (Fsp3) is 0.556. The maximum atomic E-state index is 11.5. The van der Waals surface area contributed by atoms with Crippen LogP contribution in [0.25, 0.3) is 0 Å². The van der Waals surface area contributed by atoms with Gasteiger partial charge in [-0.3, -0.25) is 9.78 Å². The van der Waals surface area contributed by atoms with Crippen molar-refractivity contribution in [3.05, 3.63) is 21.6 Å². The van der Waals surface area contributed by atoms with Crippen LogP contribution in [0.1, 0.15) is 17.7 Å². The van der Waals surface area contributed by atoms with Crippen LogP contribution in [0.2, 0.25) is 0 Å². The Bertz CT molecular complexity index is 400. The lowest BCUT2D eigenvalue weighted by atomic mass is 9.88. The number of nitrogens with two attached hydrogens (primary N) is 1. The standard InChI is InChI=1S/C9H13N3O2/c10-9-11-7-2-1-5(4-13)3-6(7)8(14)12-9/h5,13H,1-4H2,(H3,10,11,12,14)/t5-/m0/s1. The van der Waals surface area contributed by atoms with Crippen molar-refractivity contribution in [3.63, 3.8) is 0 Å². The van der Waals surface area contributed by atoms with Crippen LogP contribution >= 0.6 is 0 Å². The zero-order chi connectivity index (χ0) is 10.1. The molecule has 1 aromatic rings. The van der Waals surface area contributed by atoms with E-state index in [0.717, 1.165) is 18.5 Å². The Balaban J connectivity index is 2.42. The Kier molecular flexibility index (Phi) is 2.25. The van der Waals surface area contributed by atoms with E-state index in [1.807, 2.05) is 0 Å². The molecule has 1 heterocycles. The van der Waals surface area contributed by atoms with Crippen molar-refractivity contribution in [1.29, 1.82) is 0 Å². The molecule has 0 unspecified atom stereocenters. The third-order valence-electron chi connectivity index (χ3n) is 2.66. The SMILES string of the molecule is Nc1nc2c(c(=O)[nH]1)C[C@@H](CO)CC2. The number of nitrogens with zero attached hydrogens (tertiary/aromatic N) is 1. The second-order valence-corrected chi connectivity index (χ2v) is 3.67. The summed E-state index contributed by atoms with van der Waals surface area (Å²) in [5, 5.41) is 9.00. The van der Waals surface area contributed by atoms with Crippen molar-refractivity contribution in [1.82, 2.24) is 9.97 Å². The van der Waals surface area contributed by atoms with Gasteiger partial charge in [0.25, 0.3) is 5.56 Å². The van der Waals surface area contributed by atoms with Crippen molar-refractivity contribution < 1.29 is 5.11 Å². The minimum atomic E-state index is -0.161. The minimum absolute atomic E-state index is 0.128. The number of hydrogen-bond acceptors (Lipinski definition) is 4. The van der Waals surface area contributed by atoms with E-state index in [9.17, 15) is 4.79 Å². The minimum Gasteiger partial charge on any atom is -0.396 e. The maximum absolute atomic E-state index is 11.5. The molecule has 0 saturated heterocycles. The summed E-state index contributed by atoms with van der Waals surface area (Å²) in [4.78, 5) is 18.0. The van der Waals surface area contributed by atoms with Gasteiger partial charge in [0.15, 0.2) is 0 Å². The molecule has 0 aromatic carbocycles. The van der Waals surface area contributed by atoms with Gasteiger partial charge < -0.3 is 10.8 Å². The third kappa shape index (κ3) is 1.50. The van der Waals surface area contributed by atoms with Crippen LogP contribution < -0.4 is 11.3 Å². The van der Waals surface area contributed by atoms with Crippen molar-refractivity contribution in [2.75, 3.05) is 12.3 Å². The van der Waals surface area contributed by atoms with E-state index in [1.54, 1.807) is 0 Å². The Labute approximate surface area is 81.0 Å². The molecule has 0 saturated carbocycles. The van der Waals surface area contributed by atoms with Gasteiger partial charge in [-0.1, -0.05) is 0 Å². The van der Waals surface area contributed by atoms with Crippen LogP contribution in [0.3, 0.4) is 0 Å². The first kappa shape index (κ1) is 9.21. The van der Waals surface area contributed by atoms with Crippen molar-refractivity contribution >= 4 is 5.95 Å². The highest BCUT2D eigenvalue weighted by Gasteiger charge is 2.21. The molecular formula is C9H13N3O2. The zero-order valence-corrected chi connectivity index (χ0v) is 7.79. The van der Waals surface area contributed by atoms with E-state index in [2.05, 4.69) is 9.97 Å². The largest absolute Gasteiger partial charge is 0.396 e. The van der Waals surface area contributed by atoms with Crippen LogP contribution in [-0.2, 0) is 12.8 Å². The van der Waals surface area contributed by atoms with Gasteiger partial charge in [-0.25, -0.2) is 4.98 Å². The van der Waals surface area contributed by atoms with Gasteiger partial charge in [0, 0.05) is 12.2 Å². The van der Waals surface area contributed by atoms with E-state index in [-0.39, 0.29) is 24.0 Å². The van der Waals surface area contributed by atoms with E-state index in [1.165, 1.54) is 0 Å². The van der Waals surface area contributed by atoms with Gasteiger partial charge in [-0.05, 0) is 25.2 Å². The number of aromatic nitrogens is 2. The zero-order valence-electron chi connectivity index (χ0n) is 7.79. The van der Waals surface area contributed by atoms with Crippen LogP contribution in [0.15, 0.2) is 4.79 Å².